The van der Waals surface area contributed by atoms with E-state index in [2.05, 4.69) is 25.9 Å². The molecule has 7 heteroatoms. The van der Waals surface area contributed by atoms with Gasteiger partial charge in [0.15, 0.2) is 5.69 Å². The van der Waals surface area contributed by atoms with Gasteiger partial charge in [-0.2, -0.15) is 0 Å². The van der Waals surface area contributed by atoms with Crippen LogP contribution in [0.4, 0.5) is 5.69 Å². The molecule has 0 bridgehead atoms. The molecule has 2 aromatic rings. The first-order valence-corrected chi connectivity index (χ1v) is 5.67. The zero-order valence-electron chi connectivity index (χ0n) is 9.58. The Hall–Kier alpha value is -2.28. The van der Waals surface area contributed by atoms with Crippen LogP contribution >= 0.6 is 0 Å². The molecule has 0 atom stereocenters. The number of carbonyl (C=O) groups excluding carboxylic acids is 1. The lowest BCUT2D eigenvalue weighted by molar-refractivity contribution is 0.102. The Bertz CT molecular complexity index is 548. The molecule has 0 aromatic carbocycles. The van der Waals surface area contributed by atoms with Crippen molar-refractivity contribution in [1.29, 1.82) is 0 Å². The zero-order valence-corrected chi connectivity index (χ0v) is 9.58. The number of hydrogen-bond acceptors (Lipinski definition) is 5. The summed E-state index contributed by atoms with van der Waals surface area (Å²) in [6.07, 6.45) is 4.89. The second-order valence-corrected chi connectivity index (χ2v) is 4.09. The Kier molecular flexibility index (Phi) is 2.73. The van der Waals surface area contributed by atoms with Crippen LogP contribution in [-0.2, 0) is 0 Å². The molecule has 18 heavy (non-hydrogen) atoms. The summed E-state index contributed by atoms with van der Waals surface area (Å²) < 4.78 is 1.72. The lowest BCUT2D eigenvalue weighted by Gasteiger charge is -2.26. The maximum absolute atomic E-state index is 11.9. The van der Waals surface area contributed by atoms with Crippen molar-refractivity contribution in [3.8, 4) is 0 Å². The fourth-order valence-electron chi connectivity index (χ4n) is 1.65. The Balaban J connectivity index is 1.70. The summed E-state index contributed by atoms with van der Waals surface area (Å²) in [4.78, 5) is 15.8. The summed E-state index contributed by atoms with van der Waals surface area (Å²) in [6, 6.07) is 3.83. The SMILES string of the molecule is O=C(Nc1cccnc1)c1cn(C2CNC2)nn1. The molecule has 1 aliphatic heterocycles. The van der Waals surface area contributed by atoms with Gasteiger partial charge in [-0.25, -0.2) is 4.68 Å². The van der Waals surface area contributed by atoms with E-state index in [0.717, 1.165) is 13.1 Å². The van der Waals surface area contributed by atoms with Crippen molar-refractivity contribution in [2.24, 2.45) is 0 Å². The average molecular weight is 244 g/mol. The quantitative estimate of drug-likeness (QED) is 0.798. The highest BCUT2D eigenvalue weighted by atomic mass is 16.2. The molecule has 0 aliphatic carbocycles. The van der Waals surface area contributed by atoms with Crippen molar-refractivity contribution < 1.29 is 4.79 Å². The standard InChI is InChI=1S/C11H12N6O/c18-11(14-8-2-1-3-12-4-8)10-7-17(16-15-10)9-5-13-6-9/h1-4,7,9,13H,5-6H2,(H,14,18). The normalized spacial score (nSPS) is 15.1. The molecule has 1 aliphatic rings. The second kappa shape index (κ2) is 4.53. The van der Waals surface area contributed by atoms with E-state index in [0.29, 0.717) is 17.4 Å². The van der Waals surface area contributed by atoms with Gasteiger partial charge in [-0.05, 0) is 12.1 Å². The van der Waals surface area contributed by atoms with Crippen LogP contribution in [0.2, 0.25) is 0 Å². The molecule has 3 rings (SSSR count). The van der Waals surface area contributed by atoms with Crippen LogP contribution in [0.15, 0.2) is 30.7 Å². The summed E-state index contributed by atoms with van der Waals surface area (Å²) in [5, 5.41) is 13.7. The van der Waals surface area contributed by atoms with Crippen molar-refractivity contribution in [3.05, 3.63) is 36.4 Å². The highest BCUT2D eigenvalue weighted by molar-refractivity contribution is 6.02. The summed E-state index contributed by atoms with van der Waals surface area (Å²) in [7, 11) is 0. The predicted molar refractivity (Wildman–Crippen MR) is 64.1 cm³/mol. The lowest BCUT2D eigenvalue weighted by Crippen LogP contribution is -2.43. The third-order valence-corrected chi connectivity index (χ3v) is 2.80. The number of rotatable bonds is 3. The molecular weight excluding hydrogens is 232 g/mol. The van der Waals surface area contributed by atoms with Gasteiger partial charge in [0.05, 0.1) is 24.1 Å². The van der Waals surface area contributed by atoms with Gasteiger partial charge < -0.3 is 10.6 Å². The summed E-state index contributed by atoms with van der Waals surface area (Å²) in [5.41, 5.74) is 0.952. The average Bonchev–Trinajstić information content (AvgIpc) is 2.77. The first kappa shape index (κ1) is 10.8. The Morgan fingerprint density at radius 1 is 1.50 bits per heavy atom. The number of anilines is 1. The van der Waals surface area contributed by atoms with Gasteiger partial charge in [-0.15, -0.1) is 5.10 Å². The van der Waals surface area contributed by atoms with Crippen molar-refractivity contribution in [3.63, 3.8) is 0 Å². The number of amides is 1. The molecule has 7 nitrogen and oxygen atoms in total. The fourth-order valence-corrected chi connectivity index (χ4v) is 1.65. The van der Waals surface area contributed by atoms with E-state index in [1.54, 1.807) is 35.4 Å². The molecule has 2 aromatic heterocycles. The van der Waals surface area contributed by atoms with E-state index in [1.807, 2.05) is 0 Å². The smallest absolute Gasteiger partial charge is 0.277 e. The van der Waals surface area contributed by atoms with Crippen LogP contribution in [0.3, 0.4) is 0 Å². The van der Waals surface area contributed by atoms with Crippen LogP contribution in [0, 0.1) is 0 Å². The van der Waals surface area contributed by atoms with Gasteiger partial charge in [-0.3, -0.25) is 9.78 Å². The number of nitrogens with zero attached hydrogens (tertiary/aromatic N) is 4. The largest absolute Gasteiger partial charge is 0.319 e. The summed E-state index contributed by atoms with van der Waals surface area (Å²) in [6.45, 7) is 1.74. The Morgan fingerprint density at radius 2 is 2.39 bits per heavy atom. The third-order valence-electron chi connectivity index (χ3n) is 2.80. The van der Waals surface area contributed by atoms with E-state index in [4.69, 9.17) is 0 Å². The molecule has 1 amide bonds. The highest BCUT2D eigenvalue weighted by Gasteiger charge is 2.21. The van der Waals surface area contributed by atoms with Crippen LogP contribution in [-0.4, -0.2) is 39.0 Å². The van der Waals surface area contributed by atoms with E-state index in [-0.39, 0.29) is 5.91 Å². The minimum atomic E-state index is -0.276. The van der Waals surface area contributed by atoms with Crippen molar-refractivity contribution in [2.45, 2.75) is 6.04 Å². The Labute approximate surface area is 103 Å². The summed E-state index contributed by atoms with van der Waals surface area (Å²) in [5.74, 6) is -0.276. The predicted octanol–water partition coefficient (Wildman–Crippen LogP) is 0.0697. The summed E-state index contributed by atoms with van der Waals surface area (Å²) >= 11 is 0. The minimum absolute atomic E-state index is 0.276. The number of pyridine rings is 1. The molecule has 3 heterocycles. The van der Waals surface area contributed by atoms with Crippen molar-refractivity contribution >= 4 is 11.6 Å². The van der Waals surface area contributed by atoms with Crippen LogP contribution in [0.25, 0.3) is 0 Å². The van der Waals surface area contributed by atoms with Gasteiger partial charge in [0.25, 0.3) is 5.91 Å². The topological polar surface area (TPSA) is 84.7 Å². The number of hydrogen-bond donors (Lipinski definition) is 2. The van der Waals surface area contributed by atoms with Crippen molar-refractivity contribution in [2.75, 3.05) is 18.4 Å². The third kappa shape index (κ3) is 2.07. The van der Waals surface area contributed by atoms with E-state index >= 15 is 0 Å². The minimum Gasteiger partial charge on any atom is -0.319 e. The van der Waals surface area contributed by atoms with Crippen LogP contribution in [0.1, 0.15) is 16.5 Å². The van der Waals surface area contributed by atoms with Gasteiger partial charge in [-0.1, -0.05) is 5.21 Å². The molecule has 2 N–H and O–H groups in total. The van der Waals surface area contributed by atoms with Crippen LogP contribution in [0.5, 0.6) is 0 Å². The van der Waals surface area contributed by atoms with Gasteiger partial charge >= 0.3 is 0 Å². The maximum atomic E-state index is 11.9. The first-order chi connectivity index (χ1) is 8.83. The molecule has 1 saturated heterocycles. The van der Waals surface area contributed by atoms with E-state index < -0.39 is 0 Å². The molecule has 1 fully saturated rings. The second-order valence-electron chi connectivity index (χ2n) is 4.09. The molecule has 0 radical (unpaired) electrons. The molecular formula is C11H12N6O. The molecule has 92 valence electrons. The van der Waals surface area contributed by atoms with Gasteiger partial charge in [0.1, 0.15) is 0 Å². The zero-order chi connectivity index (χ0) is 12.4. The van der Waals surface area contributed by atoms with E-state index in [9.17, 15) is 4.79 Å². The van der Waals surface area contributed by atoms with Crippen LogP contribution < -0.4 is 10.6 Å². The lowest BCUT2D eigenvalue weighted by atomic mass is 10.2. The number of nitrogens with one attached hydrogen (secondary N) is 2. The fraction of sp³-hybridized carbons (Fsp3) is 0.273. The first-order valence-electron chi connectivity index (χ1n) is 5.67. The van der Waals surface area contributed by atoms with E-state index in [1.165, 1.54) is 0 Å². The molecule has 0 saturated carbocycles. The van der Waals surface area contributed by atoms with Gasteiger partial charge in [0.2, 0.25) is 0 Å². The maximum Gasteiger partial charge on any atom is 0.277 e. The Morgan fingerprint density at radius 3 is 3.06 bits per heavy atom. The highest BCUT2D eigenvalue weighted by Crippen LogP contribution is 2.11. The number of carbonyl (C=O) groups is 1. The monoisotopic (exact) mass is 244 g/mol. The molecule has 0 unspecified atom stereocenters. The van der Waals surface area contributed by atoms with Gasteiger partial charge in [0, 0.05) is 19.3 Å². The number of aromatic nitrogens is 4. The van der Waals surface area contributed by atoms with Crippen molar-refractivity contribution in [1.82, 2.24) is 25.3 Å². The molecule has 0 spiro atoms.